The molecule has 0 aromatic carbocycles. The highest BCUT2D eigenvalue weighted by molar-refractivity contribution is 7.09. The normalized spacial score (nSPS) is 21.3. The van der Waals surface area contributed by atoms with Crippen molar-refractivity contribution < 1.29 is 0 Å². The molecule has 18 heavy (non-hydrogen) atoms. The first kappa shape index (κ1) is 11.9. The Kier molecular flexibility index (Phi) is 3.43. The maximum absolute atomic E-state index is 4.49. The molecule has 2 aromatic heterocycles. The van der Waals surface area contributed by atoms with Crippen LogP contribution in [0.4, 0.5) is 0 Å². The smallest absolute Gasteiger partial charge is 0.110 e. The minimum absolute atomic E-state index is 0.487. The van der Waals surface area contributed by atoms with Crippen LogP contribution in [0.2, 0.25) is 0 Å². The summed E-state index contributed by atoms with van der Waals surface area (Å²) in [5, 5.41) is 10.5. The van der Waals surface area contributed by atoms with Gasteiger partial charge in [0.25, 0.3) is 0 Å². The van der Waals surface area contributed by atoms with E-state index in [4.69, 9.17) is 0 Å². The summed E-state index contributed by atoms with van der Waals surface area (Å²) in [5.74, 6) is 0. The van der Waals surface area contributed by atoms with E-state index in [9.17, 15) is 0 Å². The summed E-state index contributed by atoms with van der Waals surface area (Å²) in [5.41, 5.74) is 2.48. The van der Waals surface area contributed by atoms with Gasteiger partial charge >= 0.3 is 0 Å². The van der Waals surface area contributed by atoms with Gasteiger partial charge in [0.1, 0.15) is 5.01 Å². The van der Waals surface area contributed by atoms with Crippen molar-refractivity contribution in [1.82, 2.24) is 20.1 Å². The van der Waals surface area contributed by atoms with E-state index in [1.54, 1.807) is 11.3 Å². The first-order valence-corrected chi connectivity index (χ1v) is 7.35. The van der Waals surface area contributed by atoms with Gasteiger partial charge in [-0.2, -0.15) is 5.10 Å². The summed E-state index contributed by atoms with van der Waals surface area (Å²) in [6, 6.07) is 0.487. The molecule has 0 aliphatic carbocycles. The van der Waals surface area contributed by atoms with Crippen LogP contribution in [0.5, 0.6) is 0 Å². The monoisotopic (exact) mass is 262 g/mol. The van der Waals surface area contributed by atoms with Crippen molar-refractivity contribution in [1.29, 1.82) is 0 Å². The number of hydrogen-bond donors (Lipinski definition) is 1. The third kappa shape index (κ3) is 2.33. The number of piperidine rings is 1. The zero-order valence-electron chi connectivity index (χ0n) is 10.6. The van der Waals surface area contributed by atoms with Crippen LogP contribution in [0, 0.1) is 6.92 Å². The SMILES string of the molecule is Cc1cn[nH]c1CN1CCCCC1c1nccs1. The summed E-state index contributed by atoms with van der Waals surface area (Å²) in [6.07, 6.45) is 7.63. The van der Waals surface area contributed by atoms with Gasteiger partial charge in [-0.05, 0) is 31.9 Å². The summed E-state index contributed by atoms with van der Waals surface area (Å²) in [4.78, 5) is 7.02. The molecule has 1 atom stereocenters. The topological polar surface area (TPSA) is 44.8 Å². The van der Waals surface area contributed by atoms with Gasteiger partial charge in [-0.25, -0.2) is 4.98 Å². The third-order valence-electron chi connectivity index (χ3n) is 3.65. The summed E-state index contributed by atoms with van der Waals surface area (Å²) in [7, 11) is 0. The lowest BCUT2D eigenvalue weighted by Crippen LogP contribution is -2.33. The van der Waals surface area contributed by atoms with Crippen LogP contribution in [0.1, 0.15) is 41.6 Å². The molecule has 0 radical (unpaired) electrons. The molecule has 0 spiro atoms. The fraction of sp³-hybridized carbons (Fsp3) is 0.538. The molecule has 3 heterocycles. The standard InChI is InChI=1S/C13H18N4S/c1-10-8-15-16-11(10)9-17-6-3-2-4-12(17)13-14-5-7-18-13/h5,7-8,12H,2-4,6,9H2,1H3,(H,15,16). The molecule has 1 unspecified atom stereocenters. The van der Waals surface area contributed by atoms with Crippen LogP contribution in [0.3, 0.4) is 0 Å². The molecule has 0 amide bonds. The average molecular weight is 262 g/mol. The lowest BCUT2D eigenvalue weighted by atomic mass is 10.0. The van der Waals surface area contributed by atoms with E-state index >= 15 is 0 Å². The van der Waals surface area contributed by atoms with E-state index in [1.807, 2.05) is 12.4 Å². The number of rotatable bonds is 3. The second-order valence-electron chi connectivity index (χ2n) is 4.88. The summed E-state index contributed by atoms with van der Waals surface area (Å²) < 4.78 is 0. The quantitative estimate of drug-likeness (QED) is 0.925. The van der Waals surface area contributed by atoms with E-state index in [1.165, 1.54) is 35.5 Å². The third-order valence-corrected chi connectivity index (χ3v) is 4.52. The van der Waals surface area contributed by atoms with Gasteiger partial charge in [-0.15, -0.1) is 11.3 Å². The van der Waals surface area contributed by atoms with Crippen molar-refractivity contribution >= 4 is 11.3 Å². The lowest BCUT2D eigenvalue weighted by Gasteiger charge is -2.34. The molecular weight excluding hydrogens is 244 g/mol. The van der Waals surface area contributed by atoms with E-state index in [0.29, 0.717) is 6.04 Å². The summed E-state index contributed by atoms with van der Waals surface area (Å²) >= 11 is 1.77. The van der Waals surface area contributed by atoms with Crippen LogP contribution < -0.4 is 0 Å². The average Bonchev–Trinajstić information content (AvgIpc) is 3.03. The molecule has 1 fully saturated rings. The van der Waals surface area contributed by atoms with Gasteiger partial charge in [-0.1, -0.05) is 6.42 Å². The molecule has 0 bridgehead atoms. The Balaban J connectivity index is 1.78. The van der Waals surface area contributed by atoms with Crippen molar-refractivity contribution in [3.8, 4) is 0 Å². The van der Waals surface area contributed by atoms with Gasteiger partial charge in [0, 0.05) is 18.1 Å². The Labute approximate surface area is 111 Å². The number of aromatic amines is 1. The fourth-order valence-corrected chi connectivity index (χ4v) is 3.40. The Hall–Kier alpha value is -1.20. The molecule has 1 aliphatic rings. The zero-order chi connectivity index (χ0) is 12.4. The number of aryl methyl sites for hydroxylation is 1. The van der Waals surface area contributed by atoms with E-state index in [0.717, 1.165) is 13.1 Å². The maximum atomic E-state index is 4.49. The predicted octanol–water partition coefficient (Wildman–Crippen LogP) is 2.90. The van der Waals surface area contributed by atoms with Crippen molar-refractivity contribution in [2.45, 2.75) is 38.8 Å². The first-order valence-electron chi connectivity index (χ1n) is 6.47. The first-order chi connectivity index (χ1) is 8.84. The highest BCUT2D eigenvalue weighted by atomic mass is 32.1. The lowest BCUT2D eigenvalue weighted by molar-refractivity contribution is 0.138. The number of nitrogens with one attached hydrogen (secondary N) is 1. The number of thiazole rings is 1. The number of likely N-dealkylation sites (tertiary alicyclic amines) is 1. The minimum atomic E-state index is 0.487. The Morgan fingerprint density at radius 2 is 2.44 bits per heavy atom. The molecule has 1 N–H and O–H groups in total. The molecular formula is C13H18N4S. The molecule has 0 saturated carbocycles. The van der Waals surface area contributed by atoms with E-state index in [-0.39, 0.29) is 0 Å². The van der Waals surface area contributed by atoms with Gasteiger partial charge in [-0.3, -0.25) is 10.00 Å². The van der Waals surface area contributed by atoms with Gasteiger partial charge < -0.3 is 0 Å². The fourth-order valence-electron chi connectivity index (χ4n) is 2.60. The number of aromatic nitrogens is 3. The van der Waals surface area contributed by atoms with Crippen LogP contribution in [-0.2, 0) is 6.54 Å². The second kappa shape index (κ2) is 5.20. The molecule has 2 aromatic rings. The Bertz CT molecular complexity index is 491. The van der Waals surface area contributed by atoms with Gasteiger partial charge in [0.15, 0.2) is 0 Å². The van der Waals surface area contributed by atoms with Crippen LogP contribution in [0.25, 0.3) is 0 Å². The Morgan fingerprint density at radius 1 is 1.50 bits per heavy atom. The molecule has 4 nitrogen and oxygen atoms in total. The van der Waals surface area contributed by atoms with E-state index in [2.05, 4.69) is 32.4 Å². The molecule has 1 saturated heterocycles. The maximum Gasteiger partial charge on any atom is 0.110 e. The van der Waals surface area contributed by atoms with Crippen LogP contribution >= 0.6 is 11.3 Å². The highest BCUT2D eigenvalue weighted by Crippen LogP contribution is 2.33. The molecule has 3 rings (SSSR count). The second-order valence-corrected chi connectivity index (χ2v) is 5.81. The van der Waals surface area contributed by atoms with Crippen LogP contribution in [0.15, 0.2) is 17.8 Å². The number of nitrogens with zero attached hydrogens (tertiary/aromatic N) is 3. The van der Waals surface area contributed by atoms with Crippen molar-refractivity contribution in [2.75, 3.05) is 6.54 Å². The highest BCUT2D eigenvalue weighted by Gasteiger charge is 2.26. The van der Waals surface area contributed by atoms with Crippen molar-refractivity contribution in [2.24, 2.45) is 0 Å². The van der Waals surface area contributed by atoms with Crippen molar-refractivity contribution in [3.63, 3.8) is 0 Å². The van der Waals surface area contributed by atoms with Gasteiger partial charge in [0.2, 0.25) is 0 Å². The number of hydrogen-bond acceptors (Lipinski definition) is 4. The largest absolute Gasteiger partial charge is 0.288 e. The van der Waals surface area contributed by atoms with Gasteiger partial charge in [0.05, 0.1) is 17.9 Å². The van der Waals surface area contributed by atoms with Crippen molar-refractivity contribution in [3.05, 3.63) is 34.0 Å². The van der Waals surface area contributed by atoms with E-state index < -0.39 is 0 Å². The minimum Gasteiger partial charge on any atom is -0.288 e. The summed E-state index contributed by atoms with van der Waals surface area (Å²) in [6.45, 7) is 4.22. The molecule has 5 heteroatoms. The zero-order valence-corrected chi connectivity index (χ0v) is 11.4. The predicted molar refractivity (Wildman–Crippen MR) is 72.4 cm³/mol. The number of H-pyrrole nitrogens is 1. The van der Waals surface area contributed by atoms with Crippen LogP contribution in [-0.4, -0.2) is 26.6 Å². The Morgan fingerprint density at radius 3 is 3.17 bits per heavy atom. The molecule has 96 valence electrons. The molecule has 1 aliphatic heterocycles.